The van der Waals surface area contributed by atoms with Gasteiger partial charge in [0.1, 0.15) is 5.69 Å². The highest BCUT2D eigenvalue weighted by molar-refractivity contribution is 7.74. The minimum absolute atomic E-state index is 0.0813. The molecule has 1 aromatic heterocycles. The Bertz CT molecular complexity index is 563. The van der Waals surface area contributed by atoms with E-state index in [9.17, 15) is 28.6 Å². The Hall–Kier alpha value is -0.820. The normalized spacial score (nSPS) is 18.6. The molecule has 9 nitrogen and oxygen atoms in total. The van der Waals surface area contributed by atoms with E-state index in [1.807, 2.05) is 0 Å². The molecular formula is C8H15N3O6P2. The molecule has 0 aliphatic rings. The zero-order chi connectivity index (χ0) is 15.1. The fraction of sp³-hybridized carbons (Fsp3) is 0.500. The highest BCUT2D eigenvalue weighted by Crippen LogP contribution is 2.67. The van der Waals surface area contributed by atoms with Crippen molar-refractivity contribution in [2.45, 2.75) is 25.3 Å². The quantitative estimate of drug-likeness (QED) is 0.441. The van der Waals surface area contributed by atoms with Crippen molar-refractivity contribution in [3.8, 4) is 0 Å². The van der Waals surface area contributed by atoms with Crippen molar-refractivity contribution in [2.75, 3.05) is 0 Å². The van der Waals surface area contributed by atoms with Gasteiger partial charge in [-0.2, -0.15) is 0 Å². The number of hydrogen-bond acceptors (Lipinski definition) is 4. The summed E-state index contributed by atoms with van der Waals surface area (Å²) in [5.74, 6) is -0.337. The van der Waals surface area contributed by atoms with Crippen molar-refractivity contribution >= 4 is 20.9 Å². The summed E-state index contributed by atoms with van der Waals surface area (Å²) in [6.45, 7) is 1.65. The van der Waals surface area contributed by atoms with Crippen LogP contribution in [0.2, 0.25) is 0 Å². The number of rotatable bonds is 5. The van der Waals surface area contributed by atoms with Gasteiger partial charge in [-0.3, -0.25) is 19.4 Å². The molecule has 1 rings (SSSR count). The topological polar surface area (TPSA) is 156 Å². The van der Waals surface area contributed by atoms with Gasteiger partial charge in [-0.15, -0.1) is 0 Å². The first-order valence-electron chi connectivity index (χ1n) is 5.08. The molecule has 2 atom stereocenters. The van der Waals surface area contributed by atoms with Crippen molar-refractivity contribution in [1.29, 1.82) is 0 Å². The molecule has 19 heavy (non-hydrogen) atoms. The lowest BCUT2D eigenvalue weighted by molar-refractivity contribution is 0.101. The second-order valence-corrected chi connectivity index (χ2v) is 9.03. The summed E-state index contributed by atoms with van der Waals surface area (Å²) in [5, 5.41) is 0. The van der Waals surface area contributed by atoms with E-state index in [1.165, 1.54) is 13.1 Å². The first-order chi connectivity index (χ1) is 8.38. The van der Waals surface area contributed by atoms with Crippen molar-refractivity contribution in [3.05, 3.63) is 18.2 Å². The Morgan fingerprint density at radius 1 is 1.47 bits per heavy atom. The number of nitrogens with two attached hydrogens (primary N) is 1. The van der Waals surface area contributed by atoms with Crippen LogP contribution in [0.5, 0.6) is 0 Å². The van der Waals surface area contributed by atoms with Crippen molar-refractivity contribution in [2.24, 2.45) is 5.50 Å². The number of carbonyl (C=O) groups excluding carboxylic acids is 1. The SMILES string of the molecule is CC(=O)c1cn(CC(C)(P(N)(=O)O)P(=O)(O)O)cn1. The molecule has 0 aliphatic heterocycles. The first kappa shape index (κ1) is 16.2. The van der Waals surface area contributed by atoms with Crippen LogP contribution >= 0.6 is 15.1 Å². The largest absolute Gasteiger partial charge is 0.344 e. The van der Waals surface area contributed by atoms with E-state index in [-0.39, 0.29) is 11.5 Å². The van der Waals surface area contributed by atoms with E-state index < -0.39 is 26.6 Å². The third-order valence-electron chi connectivity index (χ3n) is 2.79. The maximum absolute atomic E-state index is 11.6. The Kier molecular flexibility index (Phi) is 4.22. The highest BCUT2D eigenvalue weighted by Gasteiger charge is 2.55. The number of nitrogens with zero attached hydrogens (tertiary/aromatic N) is 2. The minimum atomic E-state index is -4.96. The van der Waals surface area contributed by atoms with Gasteiger partial charge < -0.3 is 19.2 Å². The Labute approximate surface area is 109 Å². The van der Waals surface area contributed by atoms with Gasteiger partial charge in [-0.25, -0.2) is 4.98 Å². The lowest BCUT2D eigenvalue weighted by Gasteiger charge is -2.31. The number of aromatic nitrogens is 2. The summed E-state index contributed by atoms with van der Waals surface area (Å²) in [7, 11) is -9.55. The molecule has 0 aromatic carbocycles. The number of carbonyl (C=O) groups is 1. The molecule has 1 aromatic rings. The summed E-state index contributed by atoms with van der Waals surface area (Å²) in [5.41, 5.74) is 5.11. The Morgan fingerprint density at radius 3 is 2.32 bits per heavy atom. The van der Waals surface area contributed by atoms with Crippen LogP contribution in [0.3, 0.4) is 0 Å². The molecular weight excluding hydrogens is 296 g/mol. The average Bonchev–Trinajstić information content (AvgIpc) is 2.62. The second-order valence-electron chi connectivity index (χ2n) is 4.37. The van der Waals surface area contributed by atoms with Gasteiger partial charge in [-0.1, -0.05) is 0 Å². The molecule has 0 aliphatic carbocycles. The van der Waals surface area contributed by atoms with E-state index in [0.29, 0.717) is 0 Å². The number of imidazole rings is 1. The van der Waals surface area contributed by atoms with Gasteiger partial charge in [0.2, 0.25) is 0 Å². The lowest BCUT2D eigenvalue weighted by atomic mass is 10.3. The van der Waals surface area contributed by atoms with Gasteiger partial charge in [0, 0.05) is 13.1 Å². The lowest BCUT2D eigenvalue weighted by Crippen LogP contribution is -2.33. The summed E-state index contributed by atoms with van der Waals surface area (Å²) in [6.07, 6.45) is 2.37. The maximum Gasteiger partial charge on any atom is 0.344 e. The summed E-state index contributed by atoms with van der Waals surface area (Å²) >= 11 is 0. The first-order valence-corrected chi connectivity index (χ1v) is 8.42. The summed E-state index contributed by atoms with van der Waals surface area (Å²) in [6, 6.07) is 0. The van der Waals surface area contributed by atoms with Gasteiger partial charge >= 0.3 is 7.60 Å². The zero-order valence-corrected chi connectivity index (χ0v) is 12.1. The molecule has 0 fully saturated rings. The van der Waals surface area contributed by atoms with E-state index in [1.54, 1.807) is 0 Å². The average molecular weight is 311 g/mol. The van der Waals surface area contributed by atoms with Crippen LogP contribution in [-0.2, 0) is 15.7 Å². The van der Waals surface area contributed by atoms with Gasteiger partial charge in [0.15, 0.2) is 10.7 Å². The number of ketones is 1. The van der Waals surface area contributed by atoms with Crippen LogP contribution in [0.25, 0.3) is 0 Å². The summed E-state index contributed by atoms with van der Waals surface area (Å²) < 4.78 is 24.1. The molecule has 11 heteroatoms. The standard InChI is InChI=1S/C8H15N3O6P2/c1-6(12)7-3-11(5-10-7)4-8(2,18(9,13)14)19(15,16)17/h3,5H,4H2,1-2H3,(H3,9,13,14)(H2,15,16,17). The maximum atomic E-state index is 11.6. The van der Waals surface area contributed by atoms with Crippen molar-refractivity contribution < 1.29 is 28.6 Å². The molecule has 0 saturated heterocycles. The van der Waals surface area contributed by atoms with Crippen LogP contribution in [-0.4, -0.2) is 34.9 Å². The third-order valence-corrected chi connectivity index (χ3v) is 7.35. The smallest absolute Gasteiger partial charge is 0.335 e. The van der Waals surface area contributed by atoms with Crippen molar-refractivity contribution in [3.63, 3.8) is 0 Å². The van der Waals surface area contributed by atoms with Gasteiger partial charge in [-0.05, 0) is 6.92 Å². The predicted molar refractivity (Wildman–Crippen MR) is 66.7 cm³/mol. The highest BCUT2D eigenvalue weighted by atomic mass is 31.2. The van der Waals surface area contributed by atoms with Gasteiger partial charge in [0.25, 0.3) is 7.52 Å². The molecule has 5 N–H and O–H groups in total. The molecule has 0 radical (unpaired) electrons. The molecule has 2 unspecified atom stereocenters. The molecule has 0 saturated carbocycles. The van der Waals surface area contributed by atoms with Crippen LogP contribution in [0.1, 0.15) is 24.3 Å². The molecule has 1 heterocycles. The van der Waals surface area contributed by atoms with E-state index in [4.69, 9.17) is 5.50 Å². The second kappa shape index (κ2) is 4.94. The third kappa shape index (κ3) is 3.20. The van der Waals surface area contributed by atoms with Crippen LogP contribution in [0.4, 0.5) is 0 Å². The molecule has 0 spiro atoms. The zero-order valence-electron chi connectivity index (χ0n) is 10.3. The number of Topliss-reactive ketones (excluding diaryl/α,β-unsaturated/α-hetero) is 1. The van der Waals surface area contributed by atoms with E-state index in [0.717, 1.165) is 17.8 Å². The summed E-state index contributed by atoms with van der Waals surface area (Å²) in [4.78, 5) is 40.3. The number of hydrogen-bond donors (Lipinski definition) is 4. The van der Waals surface area contributed by atoms with E-state index >= 15 is 0 Å². The fourth-order valence-corrected chi connectivity index (χ4v) is 3.56. The van der Waals surface area contributed by atoms with Crippen LogP contribution < -0.4 is 5.50 Å². The van der Waals surface area contributed by atoms with Crippen molar-refractivity contribution in [1.82, 2.24) is 9.55 Å². The van der Waals surface area contributed by atoms with Crippen LogP contribution in [0, 0.1) is 0 Å². The van der Waals surface area contributed by atoms with Crippen LogP contribution in [0.15, 0.2) is 12.5 Å². The minimum Gasteiger partial charge on any atom is -0.335 e. The van der Waals surface area contributed by atoms with E-state index in [2.05, 4.69) is 4.98 Å². The van der Waals surface area contributed by atoms with Gasteiger partial charge in [0.05, 0.1) is 12.9 Å². The molecule has 0 bridgehead atoms. The Balaban J connectivity index is 3.20. The molecule has 108 valence electrons. The molecule has 0 amide bonds. The monoisotopic (exact) mass is 311 g/mol. The fourth-order valence-electron chi connectivity index (χ4n) is 1.35. The Morgan fingerprint density at radius 2 is 2.00 bits per heavy atom. The predicted octanol–water partition coefficient (Wildman–Crippen LogP) is 0.124.